The van der Waals surface area contributed by atoms with Crippen molar-refractivity contribution in [1.82, 2.24) is 4.90 Å². The molecule has 1 aromatic carbocycles. The van der Waals surface area contributed by atoms with Gasteiger partial charge in [0.05, 0.1) is 5.69 Å². The fourth-order valence-corrected chi connectivity index (χ4v) is 1.20. The van der Waals surface area contributed by atoms with Gasteiger partial charge in [0.1, 0.15) is 12.4 Å². The average Bonchev–Trinajstić information content (AvgIpc) is 2.27. The highest BCUT2D eigenvalue weighted by atomic mass is 16.5. The molecule has 0 saturated carbocycles. The molecule has 5 nitrogen and oxygen atoms in total. The standard InChI is InChI=1S/C13H21N3O2/c1-13(2,16(3)4)8-18-11-7-9(12(15)17)5-6-10(11)14/h5-7H,8,14H2,1-4H3,(H2,15,17). The van der Waals surface area contributed by atoms with E-state index < -0.39 is 5.91 Å². The minimum atomic E-state index is -0.494. The second-order valence-electron chi connectivity index (χ2n) is 5.11. The number of nitrogen functional groups attached to an aromatic ring is 1. The van der Waals surface area contributed by atoms with Gasteiger partial charge in [-0.15, -0.1) is 0 Å². The molecule has 18 heavy (non-hydrogen) atoms. The lowest BCUT2D eigenvalue weighted by Gasteiger charge is -2.32. The van der Waals surface area contributed by atoms with Gasteiger partial charge in [-0.25, -0.2) is 0 Å². The maximum absolute atomic E-state index is 11.1. The second kappa shape index (κ2) is 5.27. The highest BCUT2D eigenvalue weighted by Crippen LogP contribution is 2.24. The Kier molecular flexibility index (Phi) is 4.19. The van der Waals surface area contributed by atoms with Crippen LogP contribution >= 0.6 is 0 Å². The summed E-state index contributed by atoms with van der Waals surface area (Å²) in [7, 11) is 3.96. The van der Waals surface area contributed by atoms with E-state index in [9.17, 15) is 4.79 Å². The summed E-state index contributed by atoms with van der Waals surface area (Å²) in [5.74, 6) is -0.00653. The molecule has 0 aliphatic carbocycles. The lowest BCUT2D eigenvalue weighted by atomic mass is 10.1. The summed E-state index contributed by atoms with van der Waals surface area (Å²) in [6.45, 7) is 4.58. The molecule has 1 aromatic rings. The zero-order valence-electron chi connectivity index (χ0n) is 11.4. The number of benzene rings is 1. The molecule has 0 aliphatic heterocycles. The monoisotopic (exact) mass is 251 g/mol. The molecule has 0 radical (unpaired) electrons. The first-order valence-corrected chi connectivity index (χ1v) is 5.73. The van der Waals surface area contributed by atoms with Gasteiger partial charge in [-0.2, -0.15) is 0 Å². The summed E-state index contributed by atoms with van der Waals surface area (Å²) < 4.78 is 5.68. The molecule has 1 rings (SSSR count). The molecule has 0 fully saturated rings. The van der Waals surface area contributed by atoms with Gasteiger partial charge in [0.2, 0.25) is 5.91 Å². The SMILES string of the molecule is CN(C)C(C)(C)COc1cc(C(N)=O)ccc1N. The third-order valence-electron chi connectivity index (χ3n) is 3.09. The summed E-state index contributed by atoms with van der Waals surface area (Å²) in [5, 5.41) is 0. The second-order valence-corrected chi connectivity index (χ2v) is 5.11. The predicted molar refractivity (Wildman–Crippen MR) is 72.6 cm³/mol. The number of carbonyl (C=O) groups is 1. The number of primary amides is 1. The molecule has 0 aliphatic rings. The summed E-state index contributed by atoms with van der Waals surface area (Å²) in [6.07, 6.45) is 0. The van der Waals surface area contributed by atoms with Crippen molar-refractivity contribution in [3.05, 3.63) is 23.8 Å². The molecule has 0 saturated heterocycles. The van der Waals surface area contributed by atoms with Crippen LogP contribution in [0.2, 0.25) is 0 Å². The van der Waals surface area contributed by atoms with Crippen LogP contribution < -0.4 is 16.2 Å². The Bertz CT molecular complexity index is 442. The number of nitrogens with zero attached hydrogens (tertiary/aromatic N) is 1. The number of likely N-dealkylation sites (N-methyl/N-ethyl adjacent to an activating group) is 1. The van der Waals surface area contributed by atoms with Crippen molar-refractivity contribution in [2.45, 2.75) is 19.4 Å². The molecular formula is C13H21N3O2. The van der Waals surface area contributed by atoms with Crippen LogP contribution in [-0.2, 0) is 0 Å². The fraction of sp³-hybridized carbons (Fsp3) is 0.462. The first kappa shape index (κ1) is 14.3. The van der Waals surface area contributed by atoms with Gasteiger partial charge >= 0.3 is 0 Å². The maximum Gasteiger partial charge on any atom is 0.248 e. The van der Waals surface area contributed by atoms with Crippen molar-refractivity contribution < 1.29 is 9.53 Å². The Balaban J connectivity index is 2.85. The Hall–Kier alpha value is -1.75. The van der Waals surface area contributed by atoms with Gasteiger partial charge < -0.3 is 21.1 Å². The fourth-order valence-electron chi connectivity index (χ4n) is 1.20. The third kappa shape index (κ3) is 3.37. The number of carbonyl (C=O) groups excluding carboxylic acids is 1. The highest BCUT2D eigenvalue weighted by Gasteiger charge is 2.21. The number of rotatable bonds is 5. The molecule has 0 unspecified atom stereocenters. The van der Waals surface area contributed by atoms with Crippen molar-refractivity contribution >= 4 is 11.6 Å². The summed E-state index contributed by atoms with van der Waals surface area (Å²) in [4.78, 5) is 13.1. The summed E-state index contributed by atoms with van der Waals surface area (Å²) in [5.41, 5.74) is 11.8. The molecule has 1 amide bonds. The number of ether oxygens (including phenoxy) is 1. The molecule has 0 spiro atoms. The van der Waals surface area contributed by atoms with E-state index >= 15 is 0 Å². The maximum atomic E-state index is 11.1. The largest absolute Gasteiger partial charge is 0.489 e. The van der Waals surface area contributed by atoms with Gasteiger partial charge in [-0.1, -0.05) is 0 Å². The molecule has 100 valence electrons. The van der Waals surface area contributed by atoms with Crippen molar-refractivity contribution in [3.63, 3.8) is 0 Å². The lowest BCUT2D eigenvalue weighted by molar-refractivity contribution is 0.0998. The molecule has 0 heterocycles. The lowest BCUT2D eigenvalue weighted by Crippen LogP contribution is -2.43. The van der Waals surface area contributed by atoms with Crippen LogP contribution in [0, 0.1) is 0 Å². The van der Waals surface area contributed by atoms with Crippen LogP contribution in [0.15, 0.2) is 18.2 Å². The average molecular weight is 251 g/mol. The van der Waals surface area contributed by atoms with Crippen molar-refractivity contribution in [1.29, 1.82) is 0 Å². The van der Waals surface area contributed by atoms with E-state index in [0.29, 0.717) is 23.6 Å². The Morgan fingerprint density at radius 3 is 2.50 bits per heavy atom. The third-order valence-corrected chi connectivity index (χ3v) is 3.09. The Morgan fingerprint density at radius 2 is 2.00 bits per heavy atom. The molecule has 0 bridgehead atoms. The quantitative estimate of drug-likeness (QED) is 0.767. The number of hydrogen-bond acceptors (Lipinski definition) is 4. The highest BCUT2D eigenvalue weighted by molar-refractivity contribution is 5.93. The van der Waals surface area contributed by atoms with Crippen molar-refractivity contribution in [2.75, 3.05) is 26.4 Å². The Morgan fingerprint density at radius 1 is 1.39 bits per heavy atom. The smallest absolute Gasteiger partial charge is 0.248 e. The van der Waals surface area contributed by atoms with Crippen LogP contribution in [0.3, 0.4) is 0 Å². The molecule has 0 aromatic heterocycles. The summed E-state index contributed by atoms with van der Waals surface area (Å²) >= 11 is 0. The normalized spacial score (nSPS) is 11.6. The zero-order valence-corrected chi connectivity index (χ0v) is 11.4. The Labute approximate surface area is 108 Å². The minimum absolute atomic E-state index is 0.130. The predicted octanol–water partition coefficient (Wildman–Crippen LogP) is 1.09. The van der Waals surface area contributed by atoms with Crippen LogP contribution in [0.4, 0.5) is 5.69 Å². The minimum Gasteiger partial charge on any atom is -0.489 e. The van der Waals surface area contributed by atoms with Gasteiger partial charge in [-0.05, 0) is 46.1 Å². The molecule has 5 heteroatoms. The molecular weight excluding hydrogens is 230 g/mol. The van der Waals surface area contributed by atoms with E-state index in [1.165, 1.54) is 0 Å². The summed E-state index contributed by atoms with van der Waals surface area (Å²) in [6, 6.07) is 4.78. The van der Waals surface area contributed by atoms with Crippen molar-refractivity contribution in [3.8, 4) is 5.75 Å². The number of anilines is 1. The van der Waals surface area contributed by atoms with Crippen LogP contribution in [0.5, 0.6) is 5.75 Å². The van der Waals surface area contributed by atoms with Crippen molar-refractivity contribution in [2.24, 2.45) is 5.73 Å². The van der Waals surface area contributed by atoms with Gasteiger partial charge in [0.25, 0.3) is 0 Å². The van der Waals surface area contributed by atoms with E-state index in [0.717, 1.165) is 0 Å². The van der Waals surface area contributed by atoms with E-state index in [1.807, 2.05) is 14.1 Å². The van der Waals surface area contributed by atoms with E-state index in [1.54, 1.807) is 18.2 Å². The van der Waals surface area contributed by atoms with E-state index in [4.69, 9.17) is 16.2 Å². The number of hydrogen-bond donors (Lipinski definition) is 2. The number of nitrogens with two attached hydrogens (primary N) is 2. The first-order chi connectivity index (χ1) is 8.24. The zero-order chi connectivity index (χ0) is 13.9. The first-order valence-electron chi connectivity index (χ1n) is 5.73. The van der Waals surface area contributed by atoms with Gasteiger partial charge in [0.15, 0.2) is 0 Å². The van der Waals surface area contributed by atoms with E-state index in [-0.39, 0.29) is 5.54 Å². The van der Waals surface area contributed by atoms with E-state index in [2.05, 4.69) is 18.7 Å². The molecule has 0 atom stereocenters. The van der Waals surface area contributed by atoms with Crippen LogP contribution in [0.1, 0.15) is 24.2 Å². The van der Waals surface area contributed by atoms with Crippen LogP contribution in [-0.4, -0.2) is 37.0 Å². The van der Waals surface area contributed by atoms with Gasteiger partial charge in [0, 0.05) is 11.1 Å². The van der Waals surface area contributed by atoms with Crippen LogP contribution in [0.25, 0.3) is 0 Å². The molecule has 4 N–H and O–H groups in total. The topological polar surface area (TPSA) is 81.6 Å². The van der Waals surface area contributed by atoms with Gasteiger partial charge in [-0.3, -0.25) is 4.79 Å². The number of amides is 1.